The van der Waals surface area contributed by atoms with Crippen molar-refractivity contribution < 1.29 is 19.1 Å². The van der Waals surface area contributed by atoms with E-state index in [0.29, 0.717) is 6.61 Å². The van der Waals surface area contributed by atoms with Gasteiger partial charge >= 0.3 is 12.1 Å². The lowest BCUT2D eigenvalue weighted by molar-refractivity contribution is -0.149. The Hall–Kier alpha value is -1.30. The highest BCUT2D eigenvalue weighted by Gasteiger charge is 2.35. The lowest BCUT2D eigenvalue weighted by Gasteiger charge is -2.35. The van der Waals surface area contributed by atoms with E-state index in [-0.39, 0.29) is 11.9 Å². The Kier molecular flexibility index (Phi) is 5.80. The van der Waals surface area contributed by atoms with Crippen LogP contribution in [0, 0.1) is 5.92 Å². The number of esters is 1. The summed E-state index contributed by atoms with van der Waals surface area (Å²) >= 11 is 0. The lowest BCUT2D eigenvalue weighted by atomic mass is 9.80. The number of nitrogens with zero attached hydrogens (tertiary/aromatic N) is 1. The van der Waals surface area contributed by atoms with Gasteiger partial charge < -0.3 is 9.47 Å². The van der Waals surface area contributed by atoms with Crippen LogP contribution >= 0.6 is 0 Å². The summed E-state index contributed by atoms with van der Waals surface area (Å²) in [7, 11) is 1.55. The normalized spacial score (nSPS) is 17.1. The molecule has 116 valence electrons. The molecular formula is C14H26N2O4. The number of carbonyl (C=O) groups excluding carboxylic acids is 2. The van der Waals surface area contributed by atoms with Gasteiger partial charge in [-0.1, -0.05) is 6.42 Å². The molecule has 20 heavy (non-hydrogen) atoms. The average molecular weight is 286 g/mol. The zero-order chi connectivity index (χ0) is 15.3. The maximum Gasteiger partial charge on any atom is 0.424 e. The van der Waals surface area contributed by atoms with E-state index in [1.807, 2.05) is 0 Å². The molecule has 0 heterocycles. The third-order valence-electron chi connectivity index (χ3n) is 3.16. The van der Waals surface area contributed by atoms with Crippen LogP contribution in [-0.2, 0) is 14.3 Å². The SMILES string of the molecule is CCOC(=O)C(NN(C)C(=O)OC(C)(C)C)C1CCC1. The van der Waals surface area contributed by atoms with E-state index in [1.54, 1.807) is 34.7 Å². The van der Waals surface area contributed by atoms with E-state index in [0.717, 1.165) is 19.3 Å². The van der Waals surface area contributed by atoms with Crippen LogP contribution in [0.15, 0.2) is 0 Å². The van der Waals surface area contributed by atoms with Crippen molar-refractivity contribution in [3.63, 3.8) is 0 Å². The van der Waals surface area contributed by atoms with Crippen molar-refractivity contribution in [3.05, 3.63) is 0 Å². The molecule has 0 aromatic rings. The zero-order valence-corrected chi connectivity index (χ0v) is 13.1. The summed E-state index contributed by atoms with van der Waals surface area (Å²) in [6.07, 6.45) is 2.54. The van der Waals surface area contributed by atoms with Crippen LogP contribution in [0.3, 0.4) is 0 Å². The number of carbonyl (C=O) groups is 2. The lowest BCUT2D eigenvalue weighted by Crippen LogP contribution is -2.55. The highest BCUT2D eigenvalue weighted by Crippen LogP contribution is 2.30. The van der Waals surface area contributed by atoms with Gasteiger partial charge in [-0.3, -0.25) is 4.79 Å². The van der Waals surface area contributed by atoms with E-state index in [4.69, 9.17) is 9.47 Å². The van der Waals surface area contributed by atoms with Gasteiger partial charge in [0.1, 0.15) is 11.6 Å². The summed E-state index contributed by atoms with van der Waals surface area (Å²) in [6, 6.07) is -0.485. The molecule has 0 aromatic heterocycles. The Bertz CT molecular complexity index is 348. The van der Waals surface area contributed by atoms with Crippen LogP contribution in [0.1, 0.15) is 47.0 Å². The molecule has 0 aromatic carbocycles. The highest BCUT2D eigenvalue weighted by molar-refractivity contribution is 5.77. The van der Waals surface area contributed by atoms with Gasteiger partial charge in [0.2, 0.25) is 0 Å². The summed E-state index contributed by atoms with van der Waals surface area (Å²) in [5.74, 6) is -0.0912. The van der Waals surface area contributed by atoms with Gasteiger partial charge in [-0.15, -0.1) is 0 Å². The minimum atomic E-state index is -0.567. The van der Waals surface area contributed by atoms with Crippen LogP contribution < -0.4 is 5.43 Å². The van der Waals surface area contributed by atoms with Crippen molar-refractivity contribution in [2.24, 2.45) is 5.92 Å². The first-order valence-electron chi connectivity index (χ1n) is 7.14. The molecule has 1 fully saturated rings. The summed E-state index contributed by atoms with van der Waals surface area (Å²) in [6.45, 7) is 7.50. The minimum Gasteiger partial charge on any atom is -0.465 e. The minimum absolute atomic E-state index is 0.221. The van der Waals surface area contributed by atoms with Crippen LogP contribution in [0.2, 0.25) is 0 Å². The molecule has 0 spiro atoms. The standard InChI is InChI=1S/C14H26N2O4/c1-6-19-12(17)11(10-8-7-9-10)15-16(5)13(18)20-14(2,3)4/h10-11,15H,6-9H2,1-5H3. The van der Waals surface area contributed by atoms with Crippen LogP contribution in [0.4, 0.5) is 4.79 Å². The first-order chi connectivity index (χ1) is 9.24. The Balaban J connectivity index is 2.59. The molecular weight excluding hydrogens is 260 g/mol. The second-order valence-electron chi connectivity index (χ2n) is 6.09. The maximum absolute atomic E-state index is 12.0. The molecule has 1 aliphatic carbocycles. The second-order valence-corrected chi connectivity index (χ2v) is 6.09. The molecule has 0 saturated heterocycles. The fourth-order valence-corrected chi connectivity index (χ4v) is 1.95. The van der Waals surface area contributed by atoms with Gasteiger partial charge in [-0.05, 0) is 46.5 Å². The smallest absolute Gasteiger partial charge is 0.424 e. The first kappa shape index (κ1) is 16.8. The van der Waals surface area contributed by atoms with E-state index < -0.39 is 17.7 Å². The molecule has 6 nitrogen and oxygen atoms in total. The molecule has 1 saturated carbocycles. The number of hydrazine groups is 1. The van der Waals surface area contributed by atoms with Crippen LogP contribution in [0.25, 0.3) is 0 Å². The van der Waals surface area contributed by atoms with Crippen molar-refractivity contribution in [1.29, 1.82) is 0 Å². The van der Waals surface area contributed by atoms with Crippen LogP contribution in [0.5, 0.6) is 0 Å². The van der Waals surface area contributed by atoms with E-state index >= 15 is 0 Å². The zero-order valence-electron chi connectivity index (χ0n) is 13.1. The fraction of sp³-hybridized carbons (Fsp3) is 0.857. The summed E-state index contributed by atoms with van der Waals surface area (Å²) in [5, 5.41) is 1.23. The van der Waals surface area contributed by atoms with Gasteiger partial charge in [-0.25, -0.2) is 15.2 Å². The molecule has 1 aliphatic rings. The van der Waals surface area contributed by atoms with E-state index in [2.05, 4.69) is 5.43 Å². The Morgan fingerprint density at radius 1 is 1.35 bits per heavy atom. The summed E-state index contributed by atoms with van der Waals surface area (Å²) in [4.78, 5) is 23.8. The number of nitrogens with one attached hydrogen (secondary N) is 1. The fourth-order valence-electron chi connectivity index (χ4n) is 1.95. The monoisotopic (exact) mass is 286 g/mol. The van der Waals surface area contributed by atoms with Crippen molar-refractivity contribution in [1.82, 2.24) is 10.4 Å². The van der Waals surface area contributed by atoms with Gasteiger partial charge in [-0.2, -0.15) is 0 Å². The number of hydrogen-bond donors (Lipinski definition) is 1. The topological polar surface area (TPSA) is 67.9 Å². The predicted octanol–water partition coefficient (Wildman–Crippen LogP) is 2.09. The summed E-state index contributed by atoms with van der Waals surface area (Å²) < 4.78 is 10.3. The van der Waals surface area contributed by atoms with E-state index in [1.165, 1.54) is 5.01 Å². The molecule has 0 radical (unpaired) electrons. The molecule has 1 N–H and O–H groups in total. The molecule has 0 bridgehead atoms. The third-order valence-corrected chi connectivity index (χ3v) is 3.16. The van der Waals surface area contributed by atoms with Gasteiger partial charge in [0, 0.05) is 7.05 Å². The van der Waals surface area contributed by atoms with Gasteiger partial charge in [0.05, 0.1) is 6.61 Å². The van der Waals surface area contributed by atoms with Crippen molar-refractivity contribution in [3.8, 4) is 0 Å². The molecule has 6 heteroatoms. The van der Waals surface area contributed by atoms with E-state index in [9.17, 15) is 9.59 Å². The summed E-state index contributed by atoms with van der Waals surface area (Å²) in [5.41, 5.74) is 2.34. The molecule has 0 aliphatic heterocycles. The Morgan fingerprint density at radius 3 is 2.35 bits per heavy atom. The predicted molar refractivity (Wildman–Crippen MR) is 74.9 cm³/mol. The maximum atomic E-state index is 12.0. The second kappa shape index (κ2) is 6.92. The Morgan fingerprint density at radius 2 is 1.95 bits per heavy atom. The Labute approximate surface area is 120 Å². The molecule has 1 rings (SSSR count). The number of ether oxygens (including phenoxy) is 2. The van der Waals surface area contributed by atoms with Crippen molar-refractivity contribution in [2.45, 2.75) is 58.6 Å². The highest BCUT2D eigenvalue weighted by atomic mass is 16.6. The van der Waals surface area contributed by atoms with Crippen molar-refractivity contribution in [2.75, 3.05) is 13.7 Å². The molecule has 1 unspecified atom stereocenters. The quantitative estimate of drug-likeness (QED) is 0.619. The largest absolute Gasteiger partial charge is 0.465 e. The van der Waals surface area contributed by atoms with Gasteiger partial charge in [0.15, 0.2) is 0 Å². The molecule has 1 amide bonds. The average Bonchev–Trinajstić information content (AvgIpc) is 2.23. The molecule has 1 atom stereocenters. The van der Waals surface area contributed by atoms with Crippen LogP contribution in [-0.4, -0.2) is 42.4 Å². The third kappa shape index (κ3) is 5.00. The number of amides is 1. The van der Waals surface area contributed by atoms with Gasteiger partial charge in [0.25, 0.3) is 0 Å². The first-order valence-corrected chi connectivity index (χ1v) is 7.14. The van der Waals surface area contributed by atoms with Crippen molar-refractivity contribution >= 4 is 12.1 Å². The number of hydrogen-bond acceptors (Lipinski definition) is 5. The number of rotatable bonds is 5.